The summed E-state index contributed by atoms with van der Waals surface area (Å²) >= 11 is 4.71. The van der Waals surface area contributed by atoms with Gasteiger partial charge in [0.15, 0.2) is 11.5 Å². The predicted octanol–water partition coefficient (Wildman–Crippen LogP) is 2.02. The van der Waals surface area contributed by atoms with Crippen LogP contribution in [0.3, 0.4) is 0 Å². The number of rotatable bonds is 1. The zero-order valence-electron chi connectivity index (χ0n) is 5.75. The van der Waals surface area contributed by atoms with E-state index in [1.807, 2.05) is 0 Å². The van der Waals surface area contributed by atoms with Gasteiger partial charge in [-0.1, -0.05) is 0 Å². The molecular weight excluding hydrogens is 214 g/mol. The maximum atomic E-state index is 12.5. The van der Waals surface area contributed by atoms with Gasteiger partial charge in [0.25, 0.3) is 11.2 Å². The Morgan fingerprint density at radius 2 is 1.62 bits per heavy atom. The highest BCUT2D eigenvalue weighted by Gasteiger charge is 2.23. The van der Waals surface area contributed by atoms with Crippen LogP contribution in [-0.2, 0) is 0 Å². The van der Waals surface area contributed by atoms with Gasteiger partial charge in [0.2, 0.25) is 11.6 Å². The number of aromatic nitrogens is 1. The van der Waals surface area contributed by atoms with E-state index in [-0.39, 0.29) is 0 Å². The van der Waals surface area contributed by atoms with Crippen LogP contribution in [0.2, 0.25) is 0 Å². The molecule has 0 aromatic carbocycles. The molecule has 70 valence electrons. The molecule has 0 aliphatic carbocycles. The van der Waals surface area contributed by atoms with Gasteiger partial charge in [-0.3, -0.25) is 4.79 Å². The van der Waals surface area contributed by atoms with Crippen molar-refractivity contribution in [1.82, 2.24) is 4.98 Å². The molecular formula is C6ClF4NO. The lowest BCUT2D eigenvalue weighted by Gasteiger charge is -1.99. The summed E-state index contributed by atoms with van der Waals surface area (Å²) in [6, 6.07) is 0. The van der Waals surface area contributed by atoms with Crippen LogP contribution in [0.5, 0.6) is 0 Å². The Morgan fingerprint density at radius 3 is 2.08 bits per heavy atom. The van der Waals surface area contributed by atoms with Crippen molar-refractivity contribution in [3.63, 3.8) is 0 Å². The summed E-state index contributed by atoms with van der Waals surface area (Å²) in [5, 5.41) is -1.50. The first-order valence-corrected chi connectivity index (χ1v) is 3.22. The second-order valence-electron chi connectivity index (χ2n) is 1.97. The molecule has 1 aromatic rings. The van der Waals surface area contributed by atoms with E-state index in [2.05, 4.69) is 4.98 Å². The molecule has 0 saturated heterocycles. The zero-order valence-corrected chi connectivity index (χ0v) is 6.50. The lowest BCUT2D eigenvalue weighted by molar-refractivity contribution is 0.107. The van der Waals surface area contributed by atoms with Crippen LogP contribution in [-0.4, -0.2) is 10.2 Å². The highest BCUT2D eigenvalue weighted by molar-refractivity contribution is 6.67. The van der Waals surface area contributed by atoms with Crippen molar-refractivity contribution in [3.05, 3.63) is 29.1 Å². The Balaban J connectivity index is 3.50. The third-order valence-corrected chi connectivity index (χ3v) is 1.35. The Kier molecular flexibility index (Phi) is 2.51. The van der Waals surface area contributed by atoms with Gasteiger partial charge >= 0.3 is 0 Å². The quantitative estimate of drug-likeness (QED) is 0.406. The molecule has 7 heteroatoms. The van der Waals surface area contributed by atoms with E-state index in [9.17, 15) is 22.4 Å². The SMILES string of the molecule is O=C(Cl)c1nc(F)c(F)c(F)c1F. The van der Waals surface area contributed by atoms with Gasteiger partial charge < -0.3 is 0 Å². The molecule has 0 amide bonds. The summed E-state index contributed by atoms with van der Waals surface area (Å²) < 4.78 is 49.4. The van der Waals surface area contributed by atoms with Gasteiger partial charge in [-0.2, -0.15) is 8.78 Å². The molecule has 2 nitrogen and oxygen atoms in total. The third kappa shape index (κ3) is 1.62. The molecule has 0 aliphatic heterocycles. The summed E-state index contributed by atoms with van der Waals surface area (Å²) in [5.74, 6) is -8.02. The fraction of sp³-hybridized carbons (Fsp3) is 0. The lowest BCUT2D eigenvalue weighted by Crippen LogP contribution is -2.08. The fourth-order valence-corrected chi connectivity index (χ4v) is 0.743. The summed E-state index contributed by atoms with van der Waals surface area (Å²) in [4.78, 5) is 12.8. The number of carbonyl (C=O) groups is 1. The van der Waals surface area contributed by atoms with Crippen molar-refractivity contribution < 1.29 is 22.4 Å². The van der Waals surface area contributed by atoms with Gasteiger partial charge in [-0.05, 0) is 11.6 Å². The monoisotopic (exact) mass is 213 g/mol. The summed E-state index contributed by atoms with van der Waals surface area (Å²) in [5.41, 5.74) is -1.28. The standard InChI is InChI=1S/C6ClF4NO/c7-5(13)4-2(9)1(8)3(10)6(11)12-4. The smallest absolute Gasteiger partial charge is 0.274 e. The number of hydrogen-bond donors (Lipinski definition) is 0. The van der Waals surface area contributed by atoms with E-state index in [0.29, 0.717) is 0 Å². The summed E-state index contributed by atoms with van der Waals surface area (Å²) in [6.07, 6.45) is 0. The molecule has 0 spiro atoms. The van der Waals surface area contributed by atoms with Gasteiger partial charge in [0.1, 0.15) is 0 Å². The summed E-state index contributed by atoms with van der Waals surface area (Å²) in [7, 11) is 0. The molecule has 0 atom stereocenters. The minimum Gasteiger partial charge on any atom is -0.274 e. The molecule has 0 bridgehead atoms. The van der Waals surface area contributed by atoms with Crippen LogP contribution >= 0.6 is 11.6 Å². The zero-order chi connectivity index (χ0) is 10.2. The molecule has 1 heterocycles. The molecule has 0 N–H and O–H groups in total. The van der Waals surface area contributed by atoms with Crippen LogP contribution in [0.15, 0.2) is 0 Å². The molecule has 0 saturated carbocycles. The lowest BCUT2D eigenvalue weighted by atomic mass is 10.3. The Labute approximate surface area is 74.1 Å². The fourth-order valence-electron chi connectivity index (χ4n) is 0.617. The first-order valence-electron chi connectivity index (χ1n) is 2.85. The second-order valence-corrected chi connectivity index (χ2v) is 2.31. The van der Waals surface area contributed by atoms with E-state index in [1.54, 1.807) is 0 Å². The minimum absolute atomic E-state index is 1.28. The van der Waals surface area contributed by atoms with Gasteiger partial charge in [-0.15, -0.1) is 0 Å². The van der Waals surface area contributed by atoms with Crippen molar-refractivity contribution in [2.24, 2.45) is 0 Å². The Bertz CT molecular complexity index is 381. The Morgan fingerprint density at radius 1 is 1.08 bits per heavy atom. The second kappa shape index (κ2) is 3.29. The highest BCUT2D eigenvalue weighted by atomic mass is 35.5. The van der Waals surface area contributed by atoms with Crippen molar-refractivity contribution in [2.75, 3.05) is 0 Å². The van der Waals surface area contributed by atoms with Crippen molar-refractivity contribution >= 4 is 16.8 Å². The van der Waals surface area contributed by atoms with Crippen molar-refractivity contribution in [3.8, 4) is 0 Å². The van der Waals surface area contributed by atoms with E-state index in [0.717, 1.165) is 0 Å². The predicted molar refractivity (Wildman–Crippen MR) is 34.3 cm³/mol. The van der Waals surface area contributed by atoms with E-state index in [1.165, 1.54) is 0 Å². The van der Waals surface area contributed by atoms with Crippen LogP contribution in [0.25, 0.3) is 0 Å². The van der Waals surface area contributed by atoms with E-state index in [4.69, 9.17) is 11.6 Å². The number of nitrogens with zero attached hydrogens (tertiary/aromatic N) is 1. The Hall–Kier alpha value is -1.17. The number of hydrogen-bond acceptors (Lipinski definition) is 2. The first-order chi connectivity index (χ1) is 5.95. The first kappa shape index (κ1) is 9.91. The average Bonchev–Trinajstić information content (AvgIpc) is 2.07. The molecule has 0 radical (unpaired) electrons. The third-order valence-electron chi connectivity index (χ3n) is 1.17. The maximum absolute atomic E-state index is 12.5. The minimum atomic E-state index is -2.11. The molecule has 1 rings (SSSR count). The van der Waals surface area contributed by atoms with Crippen molar-refractivity contribution in [1.29, 1.82) is 0 Å². The number of halogens is 5. The van der Waals surface area contributed by atoms with Gasteiger partial charge in [-0.25, -0.2) is 13.8 Å². The normalized spacial score (nSPS) is 10.2. The number of pyridine rings is 1. The van der Waals surface area contributed by atoms with Crippen LogP contribution in [0, 0.1) is 23.4 Å². The molecule has 13 heavy (non-hydrogen) atoms. The van der Waals surface area contributed by atoms with Crippen molar-refractivity contribution in [2.45, 2.75) is 0 Å². The average molecular weight is 214 g/mol. The largest absolute Gasteiger partial charge is 0.274 e. The molecule has 1 aromatic heterocycles. The maximum Gasteiger partial charge on any atom is 0.274 e. The van der Waals surface area contributed by atoms with E-state index >= 15 is 0 Å². The number of carbonyl (C=O) groups excluding carboxylic acids is 1. The van der Waals surface area contributed by atoms with Crippen LogP contribution in [0.4, 0.5) is 17.6 Å². The van der Waals surface area contributed by atoms with Crippen LogP contribution < -0.4 is 0 Å². The topological polar surface area (TPSA) is 30.0 Å². The van der Waals surface area contributed by atoms with Gasteiger partial charge in [0, 0.05) is 0 Å². The summed E-state index contributed by atoms with van der Waals surface area (Å²) in [6.45, 7) is 0. The highest BCUT2D eigenvalue weighted by Crippen LogP contribution is 2.16. The molecule has 0 aliphatic rings. The van der Waals surface area contributed by atoms with E-state index < -0.39 is 34.3 Å². The molecule has 0 fully saturated rings. The van der Waals surface area contributed by atoms with Crippen LogP contribution in [0.1, 0.15) is 10.5 Å². The van der Waals surface area contributed by atoms with Gasteiger partial charge in [0.05, 0.1) is 0 Å². The molecule has 0 unspecified atom stereocenters.